The van der Waals surface area contributed by atoms with Gasteiger partial charge in [-0.15, -0.1) is 10.3 Å². The first-order valence-electron chi connectivity index (χ1n) is 6.48. The minimum atomic E-state index is -0.572. The van der Waals surface area contributed by atoms with Gasteiger partial charge in [0.15, 0.2) is 0 Å². The largest absolute Gasteiger partial charge is 0.338 e. The average Bonchev–Trinajstić information content (AvgIpc) is 2.83. The summed E-state index contributed by atoms with van der Waals surface area (Å²) in [5, 5.41) is 13.5. The number of nitrogens with one attached hydrogen (secondary N) is 1. The molecule has 1 aliphatic heterocycles. The van der Waals surface area contributed by atoms with E-state index in [0.717, 1.165) is 27.5 Å². The van der Waals surface area contributed by atoms with Crippen LogP contribution in [0.25, 0.3) is 16.6 Å². The van der Waals surface area contributed by atoms with Crippen molar-refractivity contribution in [2.45, 2.75) is 38.8 Å². The summed E-state index contributed by atoms with van der Waals surface area (Å²) in [6.07, 6.45) is 2.01. The van der Waals surface area contributed by atoms with Crippen LogP contribution in [0.3, 0.4) is 0 Å². The molecule has 2 heterocycles. The van der Waals surface area contributed by atoms with E-state index in [4.69, 9.17) is 0 Å². The lowest BCUT2D eigenvalue weighted by Crippen LogP contribution is -2.46. The van der Waals surface area contributed by atoms with Gasteiger partial charge in [0.25, 0.3) is 0 Å². The molecule has 0 aliphatic carbocycles. The second kappa shape index (κ2) is 3.68. The maximum Gasteiger partial charge on any atom is 0.136 e. The Labute approximate surface area is 112 Å². The molecule has 1 radical (unpaired) electrons. The fourth-order valence-electron chi connectivity index (χ4n) is 2.86. The summed E-state index contributed by atoms with van der Waals surface area (Å²) in [5.74, 6) is 0.789. The predicted octanol–water partition coefficient (Wildman–Crippen LogP) is 3.16. The molecule has 0 saturated carbocycles. The Morgan fingerprint density at radius 3 is 2.42 bits per heavy atom. The molecule has 3 rings (SSSR count). The van der Waals surface area contributed by atoms with E-state index >= 15 is 0 Å². The summed E-state index contributed by atoms with van der Waals surface area (Å²) in [7, 11) is 0. The number of para-hydroxylation sites is 2. The Hall–Kier alpha value is -1.65. The summed E-state index contributed by atoms with van der Waals surface area (Å²) in [4.78, 5) is 7.91. The van der Waals surface area contributed by atoms with Gasteiger partial charge in [-0.05, 0) is 39.8 Å². The highest BCUT2D eigenvalue weighted by molar-refractivity contribution is 5.81. The number of aromatic nitrogens is 2. The van der Waals surface area contributed by atoms with Crippen molar-refractivity contribution in [1.82, 2.24) is 15.0 Å². The molecule has 4 heteroatoms. The van der Waals surface area contributed by atoms with Crippen LogP contribution >= 0.6 is 0 Å². The number of fused-ring (bicyclic) bond motifs is 1. The molecule has 0 saturated heterocycles. The molecule has 0 fully saturated rings. The van der Waals surface area contributed by atoms with Crippen LogP contribution in [0, 0.1) is 0 Å². The fraction of sp³-hybridized carbons (Fsp3) is 0.400. The van der Waals surface area contributed by atoms with Crippen LogP contribution in [-0.4, -0.2) is 26.1 Å². The maximum atomic E-state index is 12.4. The van der Waals surface area contributed by atoms with Crippen molar-refractivity contribution < 1.29 is 5.21 Å². The van der Waals surface area contributed by atoms with E-state index in [-0.39, 0.29) is 0 Å². The molecule has 1 N–H and O–H groups in total. The van der Waals surface area contributed by atoms with Crippen molar-refractivity contribution in [3.63, 3.8) is 0 Å². The standard InChI is InChI=1S/C15H18N3O/c1-14(2)9-10(15(3,4)18(14)19)13-16-11-7-5-6-8-12(11)17-13/h5-9H,1-4H3,(H,16,17). The highest BCUT2D eigenvalue weighted by Crippen LogP contribution is 2.43. The molecule has 0 atom stereocenters. The van der Waals surface area contributed by atoms with Crippen molar-refractivity contribution in [2.75, 3.05) is 0 Å². The van der Waals surface area contributed by atoms with Crippen molar-refractivity contribution in [3.05, 3.63) is 36.2 Å². The highest BCUT2D eigenvalue weighted by atomic mass is 16.5. The number of imidazole rings is 1. The summed E-state index contributed by atoms with van der Waals surface area (Å²) in [6.45, 7) is 7.73. The third-order valence-corrected chi connectivity index (χ3v) is 3.83. The fourth-order valence-corrected chi connectivity index (χ4v) is 2.86. The Morgan fingerprint density at radius 2 is 1.84 bits per heavy atom. The van der Waals surface area contributed by atoms with Gasteiger partial charge in [-0.2, -0.15) is 0 Å². The third kappa shape index (κ3) is 1.71. The van der Waals surface area contributed by atoms with E-state index in [2.05, 4.69) is 9.97 Å². The number of hydrogen-bond acceptors (Lipinski definition) is 2. The molecular formula is C15H18N3O. The Kier molecular flexibility index (Phi) is 2.40. The quantitative estimate of drug-likeness (QED) is 0.852. The number of rotatable bonds is 1. The van der Waals surface area contributed by atoms with Gasteiger partial charge in [0.05, 0.1) is 22.1 Å². The van der Waals surface area contributed by atoms with Gasteiger partial charge in [-0.1, -0.05) is 18.2 Å². The summed E-state index contributed by atoms with van der Waals surface area (Å²) >= 11 is 0. The van der Waals surface area contributed by atoms with E-state index in [9.17, 15) is 5.21 Å². The zero-order chi connectivity index (χ0) is 13.8. The number of hydrogen-bond donors (Lipinski definition) is 1. The van der Waals surface area contributed by atoms with E-state index in [1.807, 2.05) is 58.0 Å². The lowest BCUT2D eigenvalue weighted by atomic mass is 9.96. The first kappa shape index (κ1) is 12.4. The minimum Gasteiger partial charge on any atom is -0.338 e. The summed E-state index contributed by atoms with van der Waals surface area (Å²) < 4.78 is 0. The minimum absolute atomic E-state index is 0.502. The molecule has 4 nitrogen and oxygen atoms in total. The molecule has 99 valence electrons. The molecule has 0 unspecified atom stereocenters. The molecule has 2 aromatic rings. The van der Waals surface area contributed by atoms with Crippen LogP contribution < -0.4 is 0 Å². The number of H-pyrrole nitrogens is 1. The predicted molar refractivity (Wildman–Crippen MR) is 74.8 cm³/mol. The van der Waals surface area contributed by atoms with Crippen molar-refractivity contribution in [2.24, 2.45) is 0 Å². The smallest absolute Gasteiger partial charge is 0.136 e. The summed E-state index contributed by atoms with van der Waals surface area (Å²) in [5.41, 5.74) is 1.81. The van der Waals surface area contributed by atoms with Crippen molar-refractivity contribution in [1.29, 1.82) is 0 Å². The monoisotopic (exact) mass is 256 g/mol. The molecule has 0 bridgehead atoms. The Balaban J connectivity index is 2.16. The molecule has 1 aliphatic rings. The van der Waals surface area contributed by atoms with Crippen LogP contribution in [0.2, 0.25) is 0 Å². The lowest BCUT2D eigenvalue weighted by molar-refractivity contribution is -0.234. The summed E-state index contributed by atoms with van der Waals surface area (Å²) in [6, 6.07) is 7.90. The van der Waals surface area contributed by atoms with Gasteiger partial charge < -0.3 is 4.98 Å². The normalized spacial score (nSPS) is 21.8. The first-order chi connectivity index (χ1) is 8.82. The molecular weight excluding hydrogens is 238 g/mol. The molecule has 0 spiro atoms. The topological polar surface area (TPSA) is 51.8 Å². The SMILES string of the molecule is CC1(C)C=C(c2nc3ccccc3[nH]2)C(C)(C)N1[O]. The number of hydroxylamine groups is 2. The van der Waals surface area contributed by atoms with E-state index in [0.29, 0.717) is 0 Å². The van der Waals surface area contributed by atoms with Crippen LogP contribution in [0.4, 0.5) is 0 Å². The molecule has 19 heavy (non-hydrogen) atoms. The van der Waals surface area contributed by atoms with E-state index < -0.39 is 11.1 Å². The Bertz CT molecular complexity index is 634. The van der Waals surface area contributed by atoms with Gasteiger partial charge >= 0.3 is 0 Å². The van der Waals surface area contributed by atoms with Crippen LogP contribution in [0.5, 0.6) is 0 Å². The van der Waals surface area contributed by atoms with Gasteiger partial charge in [0.2, 0.25) is 0 Å². The van der Waals surface area contributed by atoms with Gasteiger partial charge in [-0.25, -0.2) is 4.98 Å². The molecule has 1 aromatic heterocycles. The second-order valence-corrected chi connectivity index (χ2v) is 6.17. The average molecular weight is 256 g/mol. The Morgan fingerprint density at radius 1 is 1.16 bits per heavy atom. The lowest BCUT2D eigenvalue weighted by Gasteiger charge is -2.33. The molecule has 0 amide bonds. The highest BCUT2D eigenvalue weighted by Gasteiger charge is 2.47. The van der Waals surface area contributed by atoms with E-state index in [1.165, 1.54) is 0 Å². The van der Waals surface area contributed by atoms with Gasteiger partial charge in [-0.3, -0.25) is 0 Å². The van der Waals surface area contributed by atoms with Crippen LogP contribution in [0.15, 0.2) is 30.3 Å². The van der Waals surface area contributed by atoms with Gasteiger partial charge in [0.1, 0.15) is 5.82 Å². The van der Waals surface area contributed by atoms with Gasteiger partial charge in [0, 0.05) is 5.57 Å². The maximum absolute atomic E-state index is 12.4. The number of nitrogens with zero attached hydrogens (tertiary/aromatic N) is 2. The first-order valence-corrected chi connectivity index (χ1v) is 6.48. The van der Waals surface area contributed by atoms with E-state index in [1.54, 1.807) is 0 Å². The van der Waals surface area contributed by atoms with Crippen LogP contribution in [0.1, 0.15) is 33.5 Å². The zero-order valence-electron chi connectivity index (χ0n) is 11.7. The second-order valence-electron chi connectivity index (χ2n) is 6.17. The number of aromatic amines is 1. The van der Waals surface area contributed by atoms with Crippen molar-refractivity contribution in [3.8, 4) is 0 Å². The van der Waals surface area contributed by atoms with Crippen molar-refractivity contribution >= 4 is 16.6 Å². The number of benzene rings is 1. The zero-order valence-corrected chi connectivity index (χ0v) is 11.7. The van der Waals surface area contributed by atoms with Crippen LogP contribution in [-0.2, 0) is 5.21 Å². The third-order valence-electron chi connectivity index (χ3n) is 3.83. The molecule has 1 aromatic carbocycles.